The maximum Gasteiger partial charge on any atom is 0.188 e. The zero-order chi connectivity index (χ0) is 9.15. The molecule has 0 radical (unpaired) electrons. The van der Waals surface area contributed by atoms with Crippen LogP contribution >= 0.6 is 0 Å². The minimum absolute atomic E-state index is 0.363. The van der Waals surface area contributed by atoms with E-state index in [0.29, 0.717) is 5.92 Å². The molecule has 0 N–H and O–H groups in total. The Bertz CT molecular complexity index is 214. The fourth-order valence-electron chi connectivity index (χ4n) is 1.97. The first-order chi connectivity index (χ1) is 6.35. The van der Waals surface area contributed by atoms with Crippen molar-refractivity contribution in [2.45, 2.75) is 25.0 Å². The van der Waals surface area contributed by atoms with Crippen LogP contribution in [0.4, 0.5) is 0 Å². The molecule has 1 atom stereocenters. The minimum Gasteiger partial charge on any atom is -0.344 e. The van der Waals surface area contributed by atoms with E-state index in [4.69, 9.17) is 9.47 Å². The predicted octanol–water partition coefficient (Wildman–Crippen LogP) is 2.27. The highest BCUT2D eigenvalue weighted by Crippen LogP contribution is 2.34. The van der Waals surface area contributed by atoms with Gasteiger partial charge in [-0.05, 0) is 24.8 Å². The Labute approximate surface area is 79.2 Å². The highest BCUT2D eigenvalue weighted by molar-refractivity contribution is 5.06. The lowest BCUT2D eigenvalue weighted by Gasteiger charge is -2.29. The molecule has 2 heteroatoms. The molecule has 0 saturated carbocycles. The molecule has 13 heavy (non-hydrogen) atoms. The molecule has 72 valence electrons. The van der Waals surface area contributed by atoms with Gasteiger partial charge in [-0.3, -0.25) is 0 Å². The summed E-state index contributed by atoms with van der Waals surface area (Å²) in [5.41, 5.74) is 0. The van der Waals surface area contributed by atoms with E-state index in [1.54, 1.807) is 0 Å². The van der Waals surface area contributed by atoms with E-state index in [1.807, 2.05) is 6.08 Å². The summed E-state index contributed by atoms with van der Waals surface area (Å²) in [4.78, 5) is 0. The molecule has 2 rings (SSSR count). The molecule has 1 spiro atoms. The highest BCUT2D eigenvalue weighted by atomic mass is 16.7. The first kappa shape index (κ1) is 8.97. The summed E-state index contributed by atoms with van der Waals surface area (Å²) in [5.74, 6) is 0.272. The maximum atomic E-state index is 5.57. The van der Waals surface area contributed by atoms with Gasteiger partial charge in [0, 0.05) is 6.42 Å². The molecular formula is C11H16O2. The fraction of sp³-hybridized carbons (Fsp3) is 0.636. The Hall–Kier alpha value is -0.600. The van der Waals surface area contributed by atoms with Crippen LogP contribution in [0, 0.1) is 5.92 Å². The Balaban J connectivity index is 1.98. The van der Waals surface area contributed by atoms with Gasteiger partial charge in [-0.15, -0.1) is 6.58 Å². The lowest BCUT2D eigenvalue weighted by atomic mass is 9.90. The van der Waals surface area contributed by atoms with Crippen molar-refractivity contribution in [3.05, 3.63) is 24.8 Å². The van der Waals surface area contributed by atoms with E-state index in [1.165, 1.54) is 0 Å². The van der Waals surface area contributed by atoms with Crippen molar-refractivity contribution in [1.29, 1.82) is 0 Å². The lowest BCUT2D eigenvalue weighted by molar-refractivity contribution is -0.127. The summed E-state index contributed by atoms with van der Waals surface area (Å²) in [6.45, 7) is 5.21. The van der Waals surface area contributed by atoms with Crippen LogP contribution in [0.5, 0.6) is 0 Å². The first-order valence-electron chi connectivity index (χ1n) is 4.93. The van der Waals surface area contributed by atoms with Crippen molar-refractivity contribution in [1.82, 2.24) is 0 Å². The van der Waals surface area contributed by atoms with Crippen LogP contribution < -0.4 is 0 Å². The Kier molecular flexibility index (Phi) is 2.51. The molecule has 1 fully saturated rings. The maximum absolute atomic E-state index is 5.57. The first-order valence-corrected chi connectivity index (χ1v) is 4.93. The molecule has 2 aliphatic rings. The topological polar surface area (TPSA) is 18.5 Å². The largest absolute Gasteiger partial charge is 0.344 e. The molecule has 1 aliphatic carbocycles. The van der Waals surface area contributed by atoms with Crippen molar-refractivity contribution >= 4 is 0 Å². The lowest BCUT2D eigenvalue weighted by Crippen LogP contribution is -2.30. The molecule has 0 bridgehead atoms. The number of rotatable bonds is 2. The molecule has 1 aliphatic heterocycles. The van der Waals surface area contributed by atoms with Crippen molar-refractivity contribution in [3.8, 4) is 0 Å². The van der Waals surface area contributed by atoms with Gasteiger partial charge in [0.2, 0.25) is 0 Å². The van der Waals surface area contributed by atoms with Gasteiger partial charge in [-0.25, -0.2) is 0 Å². The van der Waals surface area contributed by atoms with E-state index in [2.05, 4.69) is 18.7 Å². The molecule has 1 heterocycles. The van der Waals surface area contributed by atoms with Crippen molar-refractivity contribution in [3.63, 3.8) is 0 Å². The fourth-order valence-corrected chi connectivity index (χ4v) is 1.97. The molecule has 0 aromatic heterocycles. The van der Waals surface area contributed by atoms with Crippen LogP contribution in [0.25, 0.3) is 0 Å². The smallest absolute Gasteiger partial charge is 0.188 e. The van der Waals surface area contributed by atoms with Gasteiger partial charge < -0.3 is 9.47 Å². The van der Waals surface area contributed by atoms with Crippen LogP contribution in [-0.2, 0) is 9.47 Å². The summed E-state index contributed by atoms with van der Waals surface area (Å²) < 4.78 is 11.1. The number of hydrogen-bond acceptors (Lipinski definition) is 2. The summed E-state index contributed by atoms with van der Waals surface area (Å²) in [5, 5.41) is 0. The normalized spacial score (nSPS) is 30.9. The van der Waals surface area contributed by atoms with Gasteiger partial charge in [0.25, 0.3) is 0 Å². The zero-order valence-electron chi connectivity index (χ0n) is 7.87. The van der Waals surface area contributed by atoms with Crippen LogP contribution in [0.2, 0.25) is 0 Å². The third-order valence-electron chi connectivity index (χ3n) is 2.73. The quantitative estimate of drug-likeness (QED) is 0.607. The van der Waals surface area contributed by atoms with Gasteiger partial charge in [-0.1, -0.05) is 12.2 Å². The average Bonchev–Trinajstić information content (AvgIpc) is 2.59. The van der Waals surface area contributed by atoms with E-state index < -0.39 is 0 Å². The van der Waals surface area contributed by atoms with Gasteiger partial charge in [0.1, 0.15) is 0 Å². The van der Waals surface area contributed by atoms with E-state index in [0.717, 1.165) is 32.5 Å². The van der Waals surface area contributed by atoms with Crippen molar-refractivity contribution in [2.75, 3.05) is 13.2 Å². The zero-order valence-corrected chi connectivity index (χ0v) is 7.87. The summed E-state index contributed by atoms with van der Waals surface area (Å²) in [6.07, 6.45) is 9.45. The second-order valence-electron chi connectivity index (χ2n) is 3.69. The van der Waals surface area contributed by atoms with Crippen LogP contribution in [0.3, 0.4) is 0 Å². The summed E-state index contributed by atoms with van der Waals surface area (Å²) >= 11 is 0. The Morgan fingerprint density at radius 2 is 2.23 bits per heavy atom. The molecule has 0 aromatic carbocycles. The van der Waals surface area contributed by atoms with Gasteiger partial charge in [0.05, 0.1) is 13.2 Å². The Morgan fingerprint density at radius 3 is 2.77 bits per heavy atom. The SMILES string of the molecule is C=CCC1C=CC2(CC1)OCCO2. The number of ether oxygens (including phenoxy) is 2. The van der Waals surface area contributed by atoms with E-state index >= 15 is 0 Å². The van der Waals surface area contributed by atoms with Crippen molar-refractivity contribution < 1.29 is 9.47 Å². The Morgan fingerprint density at radius 1 is 1.46 bits per heavy atom. The minimum atomic E-state index is -0.363. The third kappa shape index (κ3) is 1.84. The van der Waals surface area contributed by atoms with E-state index in [9.17, 15) is 0 Å². The molecule has 2 nitrogen and oxygen atoms in total. The molecule has 1 saturated heterocycles. The number of allylic oxidation sites excluding steroid dienone is 2. The van der Waals surface area contributed by atoms with Gasteiger partial charge in [-0.2, -0.15) is 0 Å². The molecule has 1 unspecified atom stereocenters. The molecule has 0 amide bonds. The standard InChI is InChI=1S/C11H16O2/c1-2-3-10-4-6-11(7-5-10)12-8-9-13-11/h2,4,6,10H,1,3,5,7-9H2. The monoisotopic (exact) mass is 180 g/mol. The average molecular weight is 180 g/mol. The predicted molar refractivity (Wildman–Crippen MR) is 51.3 cm³/mol. The number of hydrogen-bond donors (Lipinski definition) is 0. The van der Waals surface area contributed by atoms with Gasteiger partial charge >= 0.3 is 0 Å². The second-order valence-corrected chi connectivity index (χ2v) is 3.69. The highest BCUT2D eigenvalue weighted by Gasteiger charge is 2.36. The second kappa shape index (κ2) is 3.64. The van der Waals surface area contributed by atoms with Gasteiger partial charge in [0.15, 0.2) is 5.79 Å². The molecular weight excluding hydrogens is 164 g/mol. The third-order valence-corrected chi connectivity index (χ3v) is 2.73. The molecule has 0 aromatic rings. The van der Waals surface area contributed by atoms with Crippen LogP contribution in [0.1, 0.15) is 19.3 Å². The summed E-state index contributed by atoms with van der Waals surface area (Å²) in [7, 11) is 0. The summed E-state index contributed by atoms with van der Waals surface area (Å²) in [6, 6.07) is 0. The van der Waals surface area contributed by atoms with Crippen LogP contribution in [0.15, 0.2) is 24.8 Å². The van der Waals surface area contributed by atoms with E-state index in [-0.39, 0.29) is 5.79 Å². The van der Waals surface area contributed by atoms with Crippen LogP contribution in [-0.4, -0.2) is 19.0 Å². The van der Waals surface area contributed by atoms with Crippen molar-refractivity contribution in [2.24, 2.45) is 5.92 Å².